The van der Waals surface area contributed by atoms with Crippen molar-refractivity contribution in [3.05, 3.63) is 47.6 Å². The van der Waals surface area contributed by atoms with Crippen molar-refractivity contribution < 1.29 is 0 Å². The highest BCUT2D eigenvalue weighted by atomic mass is 31.1. The van der Waals surface area contributed by atoms with Crippen LogP contribution in [0.1, 0.15) is 76.7 Å². The summed E-state index contributed by atoms with van der Waals surface area (Å²) in [5, 5.41) is 1.49. The Bertz CT molecular complexity index is 875. The Kier molecular flexibility index (Phi) is 7.60. The number of hydrogen-bond donors (Lipinski definition) is 0. The Labute approximate surface area is 197 Å². The molecule has 2 saturated carbocycles. The van der Waals surface area contributed by atoms with E-state index in [-0.39, 0.29) is 0 Å². The van der Waals surface area contributed by atoms with Gasteiger partial charge in [-0.3, -0.25) is 4.99 Å². The third-order valence-corrected chi connectivity index (χ3v) is 9.09. The van der Waals surface area contributed by atoms with Gasteiger partial charge < -0.3 is 4.90 Å². The Balaban J connectivity index is 1.10. The molecule has 0 radical (unpaired) electrons. The van der Waals surface area contributed by atoms with Gasteiger partial charge in [0, 0.05) is 5.66 Å². The number of fused-ring (bicyclic) bond motifs is 2. The van der Waals surface area contributed by atoms with Gasteiger partial charge in [-0.15, -0.1) is 0 Å². The second kappa shape index (κ2) is 10.8. The highest BCUT2D eigenvalue weighted by Crippen LogP contribution is 2.37. The smallest absolute Gasteiger partial charge is 0.0707 e. The molecule has 3 aliphatic carbocycles. The minimum Gasteiger partial charge on any atom is -0.303 e. The van der Waals surface area contributed by atoms with Gasteiger partial charge in [0.2, 0.25) is 0 Å². The predicted molar refractivity (Wildman–Crippen MR) is 141 cm³/mol. The van der Waals surface area contributed by atoms with Crippen molar-refractivity contribution in [1.82, 2.24) is 4.90 Å². The standard InChI is InChI=1S/C29H41N2P/c1-2-17-31(19-16-23-8-9-23)18-4-3-5-24-12-14-26-28(20-24)32-29-21-25(11-10-22-6-7-22)13-15-27(29)30-26/h12-15,20-23,28,32H,2-11,16-19H2,1H3. The summed E-state index contributed by atoms with van der Waals surface area (Å²) >= 11 is 0. The number of aryl methyl sites for hydroxylation is 1. The molecule has 1 aromatic rings. The first-order valence-electron chi connectivity index (χ1n) is 13.4. The molecule has 2 fully saturated rings. The summed E-state index contributed by atoms with van der Waals surface area (Å²) in [5.74, 6) is 2.07. The number of aliphatic imine (C=N–C) groups is 1. The van der Waals surface area contributed by atoms with Gasteiger partial charge in [0.05, 0.1) is 11.4 Å². The summed E-state index contributed by atoms with van der Waals surface area (Å²) in [4.78, 5) is 7.73. The Morgan fingerprint density at radius 3 is 2.59 bits per heavy atom. The number of rotatable bonds is 13. The summed E-state index contributed by atoms with van der Waals surface area (Å²) in [5.41, 5.74) is 6.06. The summed E-state index contributed by atoms with van der Waals surface area (Å²) < 4.78 is 0. The fourth-order valence-corrected chi connectivity index (χ4v) is 6.66. The van der Waals surface area contributed by atoms with E-state index in [1.54, 1.807) is 0 Å². The first-order valence-corrected chi connectivity index (χ1v) is 14.4. The number of benzene rings is 1. The van der Waals surface area contributed by atoms with Gasteiger partial charge in [-0.1, -0.05) is 65.0 Å². The Hall–Kier alpha value is -1.24. The van der Waals surface area contributed by atoms with E-state index >= 15 is 0 Å². The average Bonchev–Trinajstić information content (AvgIpc) is 3.72. The molecule has 1 heterocycles. The highest BCUT2D eigenvalue weighted by molar-refractivity contribution is 7.50. The third kappa shape index (κ3) is 6.42. The van der Waals surface area contributed by atoms with Crippen LogP contribution in [0.3, 0.4) is 0 Å². The van der Waals surface area contributed by atoms with Gasteiger partial charge in [-0.2, -0.15) is 0 Å². The minimum absolute atomic E-state index is 0.510. The lowest BCUT2D eigenvalue weighted by molar-refractivity contribution is 0.260. The lowest BCUT2D eigenvalue weighted by Crippen LogP contribution is -2.27. The molecule has 5 rings (SSSR count). The molecule has 1 aromatic carbocycles. The van der Waals surface area contributed by atoms with E-state index in [1.807, 2.05) is 0 Å². The van der Waals surface area contributed by atoms with Crippen molar-refractivity contribution in [3.8, 4) is 0 Å². The molecular weight excluding hydrogens is 407 g/mol. The molecule has 0 bridgehead atoms. The number of allylic oxidation sites excluding steroid dienone is 4. The van der Waals surface area contributed by atoms with Crippen LogP contribution in [0.4, 0.5) is 5.69 Å². The summed E-state index contributed by atoms with van der Waals surface area (Å²) in [6.07, 6.45) is 22.3. The van der Waals surface area contributed by atoms with Gasteiger partial charge in [-0.25, -0.2) is 0 Å². The van der Waals surface area contributed by atoms with Crippen LogP contribution >= 0.6 is 8.58 Å². The van der Waals surface area contributed by atoms with Gasteiger partial charge >= 0.3 is 0 Å². The molecule has 4 aliphatic rings. The molecule has 0 amide bonds. The Morgan fingerprint density at radius 1 is 0.938 bits per heavy atom. The maximum atomic E-state index is 5.02. The molecule has 2 atom stereocenters. The number of nitrogens with zero attached hydrogens (tertiary/aromatic N) is 2. The molecule has 0 saturated heterocycles. The number of hydrogen-bond acceptors (Lipinski definition) is 2. The lowest BCUT2D eigenvalue weighted by Gasteiger charge is -2.25. The van der Waals surface area contributed by atoms with Crippen molar-refractivity contribution in [2.45, 2.75) is 83.2 Å². The molecular formula is C29H41N2P. The van der Waals surface area contributed by atoms with Crippen molar-refractivity contribution in [3.63, 3.8) is 0 Å². The van der Waals surface area contributed by atoms with Gasteiger partial charge in [0.25, 0.3) is 0 Å². The summed E-state index contributed by atoms with van der Waals surface area (Å²) in [6, 6.07) is 7.05. The average molecular weight is 449 g/mol. The largest absolute Gasteiger partial charge is 0.303 e. The second-order valence-corrected chi connectivity index (χ2v) is 12.0. The van der Waals surface area contributed by atoms with E-state index in [0.717, 1.165) is 20.4 Å². The molecule has 172 valence electrons. The molecule has 2 unspecified atom stereocenters. The Morgan fingerprint density at radius 2 is 1.78 bits per heavy atom. The van der Waals surface area contributed by atoms with Crippen molar-refractivity contribution in [2.24, 2.45) is 16.8 Å². The monoisotopic (exact) mass is 448 g/mol. The third-order valence-electron chi connectivity index (χ3n) is 7.61. The van der Waals surface area contributed by atoms with Crippen molar-refractivity contribution >= 4 is 25.3 Å². The minimum atomic E-state index is 0.510. The number of unbranched alkanes of at least 4 members (excludes halogenated alkanes) is 1. The first kappa shape index (κ1) is 22.5. The van der Waals surface area contributed by atoms with Gasteiger partial charge in [0.15, 0.2) is 0 Å². The van der Waals surface area contributed by atoms with Crippen LogP contribution in [0.25, 0.3) is 0 Å². The lowest BCUT2D eigenvalue weighted by atomic mass is 9.99. The molecule has 1 aliphatic heterocycles. The van der Waals surface area contributed by atoms with E-state index in [2.05, 4.69) is 48.3 Å². The molecule has 32 heavy (non-hydrogen) atoms. The predicted octanol–water partition coefficient (Wildman–Crippen LogP) is 6.97. The van der Waals surface area contributed by atoms with E-state index < -0.39 is 0 Å². The van der Waals surface area contributed by atoms with Crippen molar-refractivity contribution in [1.29, 1.82) is 0 Å². The second-order valence-electron chi connectivity index (χ2n) is 10.6. The fourth-order valence-electron chi connectivity index (χ4n) is 5.16. The summed E-state index contributed by atoms with van der Waals surface area (Å²) in [6.45, 7) is 6.21. The van der Waals surface area contributed by atoms with E-state index in [1.165, 1.54) is 118 Å². The van der Waals surface area contributed by atoms with Crippen molar-refractivity contribution in [2.75, 3.05) is 19.6 Å². The molecule has 0 aromatic heterocycles. The highest BCUT2D eigenvalue weighted by Gasteiger charge is 2.24. The molecule has 3 heteroatoms. The zero-order valence-electron chi connectivity index (χ0n) is 20.0. The van der Waals surface area contributed by atoms with Crippen LogP contribution in [0, 0.1) is 11.8 Å². The first-order chi connectivity index (χ1) is 15.8. The molecule has 2 nitrogen and oxygen atoms in total. The van der Waals surface area contributed by atoms with Crippen LogP contribution in [-0.2, 0) is 6.42 Å². The van der Waals surface area contributed by atoms with Crippen LogP contribution in [-0.4, -0.2) is 35.9 Å². The zero-order chi connectivity index (χ0) is 21.8. The van der Waals surface area contributed by atoms with E-state index in [9.17, 15) is 0 Å². The zero-order valence-corrected chi connectivity index (χ0v) is 21.0. The maximum Gasteiger partial charge on any atom is 0.0707 e. The van der Waals surface area contributed by atoms with Crippen LogP contribution in [0.2, 0.25) is 0 Å². The topological polar surface area (TPSA) is 15.6 Å². The quantitative estimate of drug-likeness (QED) is 0.235. The molecule has 0 N–H and O–H groups in total. The van der Waals surface area contributed by atoms with Gasteiger partial charge in [0.1, 0.15) is 0 Å². The molecule has 0 spiro atoms. The van der Waals surface area contributed by atoms with E-state index in [4.69, 9.17) is 4.99 Å². The van der Waals surface area contributed by atoms with E-state index in [0.29, 0.717) is 5.66 Å². The van der Waals surface area contributed by atoms with Crippen LogP contribution in [0.5, 0.6) is 0 Å². The fraction of sp³-hybridized carbons (Fsp3) is 0.621. The maximum absolute atomic E-state index is 5.02. The van der Waals surface area contributed by atoms with Crippen LogP contribution < -0.4 is 5.30 Å². The van der Waals surface area contributed by atoms with Gasteiger partial charge in [-0.05, 0) is 105 Å². The van der Waals surface area contributed by atoms with Crippen LogP contribution in [0.15, 0.2) is 47.0 Å². The normalized spacial score (nSPS) is 22.6. The SMILES string of the molecule is CCCN(CCCCC1=CC2Pc3cc(CCC4CC4)ccc3N=C2C=C1)CCC1CC1. The summed E-state index contributed by atoms with van der Waals surface area (Å²) in [7, 11) is 0.837.